The average Bonchev–Trinajstić information content (AvgIpc) is 2.34. The van der Waals surface area contributed by atoms with E-state index in [1.54, 1.807) is 0 Å². The first-order valence-electron chi connectivity index (χ1n) is 5.60. The van der Waals surface area contributed by atoms with Crippen LogP contribution >= 0.6 is 0 Å². The summed E-state index contributed by atoms with van der Waals surface area (Å²) in [6.07, 6.45) is 0. The van der Waals surface area contributed by atoms with Gasteiger partial charge in [0.15, 0.2) is 11.6 Å². The van der Waals surface area contributed by atoms with E-state index in [1.165, 1.54) is 26.2 Å². The van der Waals surface area contributed by atoms with E-state index in [0.29, 0.717) is 5.76 Å². The van der Waals surface area contributed by atoms with Crippen molar-refractivity contribution in [3.05, 3.63) is 41.7 Å². The predicted octanol–water partition coefficient (Wildman–Crippen LogP) is 3.84. The molecule has 18 heavy (non-hydrogen) atoms. The molecule has 2 nitrogen and oxygen atoms in total. The lowest BCUT2D eigenvalue weighted by atomic mass is 9.93. The first-order chi connectivity index (χ1) is 8.29. The van der Waals surface area contributed by atoms with Gasteiger partial charge in [0.05, 0.1) is 18.3 Å². The Labute approximate surface area is 106 Å². The van der Waals surface area contributed by atoms with Crippen LogP contribution in [-0.2, 0) is 4.74 Å². The molecule has 1 rings (SSSR count). The molecule has 0 N–H and O–H groups in total. The quantitative estimate of drug-likeness (QED) is 0.745. The van der Waals surface area contributed by atoms with Crippen molar-refractivity contribution in [3.8, 4) is 5.75 Å². The van der Waals surface area contributed by atoms with Gasteiger partial charge < -0.3 is 9.47 Å². The van der Waals surface area contributed by atoms with Crippen LogP contribution in [0.5, 0.6) is 5.75 Å². The lowest BCUT2D eigenvalue weighted by molar-refractivity contribution is 0.130. The number of halogens is 2. The zero-order chi connectivity index (χ0) is 13.9. The summed E-state index contributed by atoms with van der Waals surface area (Å²) >= 11 is 0. The van der Waals surface area contributed by atoms with Crippen molar-refractivity contribution in [2.24, 2.45) is 5.41 Å². The maximum atomic E-state index is 13.6. The molecule has 0 aliphatic heterocycles. The first-order valence-corrected chi connectivity index (χ1v) is 5.60. The summed E-state index contributed by atoms with van der Waals surface area (Å²) in [5, 5.41) is 0. The van der Waals surface area contributed by atoms with Crippen LogP contribution in [0, 0.1) is 24.0 Å². The van der Waals surface area contributed by atoms with Gasteiger partial charge in [-0.2, -0.15) is 4.39 Å². The largest absolute Gasteiger partial charge is 0.501 e. The van der Waals surface area contributed by atoms with Crippen LogP contribution in [0.2, 0.25) is 0 Å². The zero-order valence-electron chi connectivity index (χ0n) is 11.1. The van der Waals surface area contributed by atoms with Crippen LogP contribution in [0.3, 0.4) is 0 Å². The molecule has 0 unspecified atom stereocenters. The van der Waals surface area contributed by atoms with Crippen LogP contribution in [0.15, 0.2) is 24.5 Å². The van der Waals surface area contributed by atoms with Crippen LogP contribution in [0.1, 0.15) is 19.4 Å². The van der Waals surface area contributed by atoms with E-state index in [2.05, 4.69) is 6.58 Å². The molecule has 0 aliphatic rings. The van der Waals surface area contributed by atoms with E-state index in [9.17, 15) is 8.78 Å². The number of rotatable bonds is 5. The topological polar surface area (TPSA) is 18.5 Å². The fourth-order valence-corrected chi connectivity index (χ4v) is 1.35. The Hall–Kier alpha value is -1.58. The van der Waals surface area contributed by atoms with Gasteiger partial charge in [0.25, 0.3) is 0 Å². The van der Waals surface area contributed by atoms with Gasteiger partial charge in [-0.25, -0.2) is 4.39 Å². The first kappa shape index (κ1) is 14.5. The second-order valence-corrected chi connectivity index (χ2v) is 4.81. The van der Waals surface area contributed by atoms with Gasteiger partial charge in [0.1, 0.15) is 6.61 Å². The third kappa shape index (κ3) is 3.00. The van der Waals surface area contributed by atoms with Crippen molar-refractivity contribution in [2.75, 3.05) is 13.7 Å². The van der Waals surface area contributed by atoms with Gasteiger partial charge in [0.2, 0.25) is 5.82 Å². The minimum atomic E-state index is -0.964. The molecular formula is C14H18F2O2. The molecule has 0 radical (unpaired) electrons. The molecule has 1 aromatic carbocycles. The van der Waals surface area contributed by atoms with Gasteiger partial charge in [0, 0.05) is 0 Å². The highest BCUT2D eigenvalue weighted by molar-refractivity contribution is 5.30. The average molecular weight is 256 g/mol. The molecule has 0 aromatic heterocycles. The van der Waals surface area contributed by atoms with Crippen molar-refractivity contribution in [1.29, 1.82) is 0 Å². The van der Waals surface area contributed by atoms with Crippen LogP contribution < -0.4 is 4.74 Å². The Balaban J connectivity index is 2.82. The molecule has 100 valence electrons. The fraction of sp³-hybridized carbons (Fsp3) is 0.429. The number of aryl methyl sites for hydroxylation is 1. The van der Waals surface area contributed by atoms with Gasteiger partial charge in [-0.1, -0.05) is 12.6 Å². The second-order valence-electron chi connectivity index (χ2n) is 4.81. The number of hydrogen-bond donors (Lipinski definition) is 0. The Morgan fingerprint density at radius 2 is 1.89 bits per heavy atom. The van der Waals surface area contributed by atoms with E-state index >= 15 is 0 Å². The monoisotopic (exact) mass is 256 g/mol. The molecule has 4 heteroatoms. The Morgan fingerprint density at radius 3 is 2.44 bits per heavy atom. The highest BCUT2D eigenvalue weighted by atomic mass is 19.2. The smallest absolute Gasteiger partial charge is 0.200 e. The minimum Gasteiger partial charge on any atom is -0.501 e. The molecular weight excluding hydrogens is 238 g/mol. The van der Waals surface area contributed by atoms with E-state index in [4.69, 9.17) is 9.47 Å². The number of ether oxygens (including phenoxy) is 2. The van der Waals surface area contributed by atoms with Crippen molar-refractivity contribution >= 4 is 0 Å². The summed E-state index contributed by atoms with van der Waals surface area (Å²) < 4.78 is 37.2. The molecule has 0 heterocycles. The number of methoxy groups -OCH3 is 1. The summed E-state index contributed by atoms with van der Waals surface area (Å²) in [6, 6.07) is 2.89. The lowest BCUT2D eigenvalue weighted by Crippen LogP contribution is -2.24. The normalized spacial score (nSPS) is 11.2. The third-order valence-corrected chi connectivity index (χ3v) is 2.83. The molecule has 0 fully saturated rings. The molecule has 0 aliphatic carbocycles. The zero-order valence-corrected chi connectivity index (χ0v) is 11.1. The predicted molar refractivity (Wildman–Crippen MR) is 66.5 cm³/mol. The van der Waals surface area contributed by atoms with Crippen LogP contribution in [-0.4, -0.2) is 13.7 Å². The van der Waals surface area contributed by atoms with Crippen LogP contribution in [0.25, 0.3) is 0 Å². The molecule has 0 spiro atoms. The van der Waals surface area contributed by atoms with Gasteiger partial charge in [-0.3, -0.25) is 0 Å². The van der Waals surface area contributed by atoms with Gasteiger partial charge in [-0.05, 0) is 32.4 Å². The maximum Gasteiger partial charge on any atom is 0.200 e. The molecule has 0 bridgehead atoms. The molecule has 1 aromatic rings. The minimum absolute atomic E-state index is 0.102. The second kappa shape index (κ2) is 5.38. The molecule has 0 atom stereocenters. The lowest BCUT2D eigenvalue weighted by Gasteiger charge is -2.26. The summed E-state index contributed by atoms with van der Waals surface area (Å²) in [7, 11) is 1.51. The highest BCUT2D eigenvalue weighted by Gasteiger charge is 2.25. The standard InChI is InChI=1S/C14H18F2O2/c1-9-6-7-11(13(16)12(9)15)18-8-14(3,4)10(2)17-5/h6-7H,2,8H2,1,3-5H3. The van der Waals surface area contributed by atoms with E-state index in [-0.39, 0.29) is 17.9 Å². The van der Waals surface area contributed by atoms with Crippen LogP contribution in [0.4, 0.5) is 8.78 Å². The van der Waals surface area contributed by atoms with Crippen molar-refractivity contribution in [2.45, 2.75) is 20.8 Å². The maximum absolute atomic E-state index is 13.6. The van der Waals surface area contributed by atoms with E-state index in [0.717, 1.165) is 0 Å². The van der Waals surface area contributed by atoms with Crippen molar-refractivity contribution < 1.29 is 18.3 Å². The molecule has 0 saturated heterocycles. The SMILES string of the molecule is C=C(OC)C(C)(C)COc1ccc(C)c(F)c1F. The molecule has 0 amide bonds. The summed E-state index contributed by atoms with van der Waals surface area (Å²) in [6.45, 7) is 9.09. The summed E-state index contributed by atoms with van der Waals surface area (Å²) in [4.78, 5) is 0. The van der Waals surface area contributed by atoms with Gasteiger partial charge in [-0.15, -0.1) is 0 Å². The Morgan fingerprint density at radius 1 is 1.28 bits per heavy atom. The number of benzene rings is 1. The number of hydrogen-bond acceptors (Lipinski definition) is 2. The van der Waals surface area contributed by atoms with Crippen molar-refractivity contribution in [1.82, 2.24) is 0 Å². The highest BCUT2D eigenvalue weighted by Crippen LogP contribution is 2.28. The summed E-state index contributed by atoms with van der Waals surface area (Å²) in [5.41, 5.74) is -0.233. The van der Waals surface area contributed by atoms with Gasteiger partial charge >= 0.3 is 0 Å². The van der Waals surface area contributed by atoms with E-state index < -0.39 is 17.0 Å². The third-order valence-electron chi connectivity index (χ3n) is 2.83. The fourth-order valence-electron chi connectivity index (χ4n) is 1.35. The Kier molecular flexibility index (Phi) is 4.33. The summed E-state index contributed by atoms with van der Waals surface area (Å²) in [5.74, 6) is -1.42. The molecule has 0 saturated carbocycles. The Bertz CT molecular complexity index is 453. The van der Waals surface area contributed by atoms with Crippen molar-refractivity contribution in [3.63, 3.8) is 0 Å². The van der Waals surface area contributed by atoms with E-state index in [1.807, 2.05) is 13.8 Å².